The normalized spacial score (nSPS) is 14.1. The Labute approximate surface area is 184 Å². The lowest BCUT2D eigenvalue weighted by Crippen LogP contribution is -2.39. The molecule has 166 valence electrons. The molecular weight excluding hydrogens is 392 g/mol. The SMILES string of the molecule is Cc1cccc(OCC(=O)N2CCCN(C(=O)CCCOc3ccccc3)CC2)c1C. The van der Waals surface area contributed by atoms with Gasteiger partial charge < -0.3 is 19.3 Å². The van der Waals surface area contributed by atoms with Gasteiger partial charge in [0.05, 0.1) is 6.61 Å². The largest absolute Gasteiger partial charge is 0.494 e. The van der Waals surface area contributed by atoms with E-state index in [1.807, 2.05) is 67.3 Å². The molecule has 2 aromatic rings. The maximum absolute atomic E-state index is 12.6. The number of hydrogen-bond acceptors (Lipinski definition) is 4. The van der Waals surface area contributed by atoms with Crippen LogP contribution in [0.3, 0.4) is 0 Å². The molecule has 1 aliphatic heterocycles. The second-order valence-electron chi connectivity index (χ2n) is 7.87. The maximum atomic E-state index is 12.6. The third-order valence-corrected chi connectivity index (χ3v) is 5.65. The van der Waals surface area contributed by atoms with E-state index in [1.54, 1.807) is 4.90 Å². The topological polar surface area (TPSA) is 59.1 Å². The van der Waals surface area contributed by atoms with Crippen molar-refractivity contribution in [2.75, 3.05) is 39.4 Å². The summed E-state index contributed by atoms with van der Waals surface area (Å²) in [6.45, 7) is 7.00. The van der Waals surface area contributed by atoms with Gasteiger partial charge in [0.1, 0.15) is 11.5 Å². The highest BCUT2D eigenvalue weighted by atomic mass is 16.5. The predicted octanol–water partition coefficient (Wildman–Crippen LogP) is 3.60. The molecule has 6 nitrogen and oxygen atoms in total. The van der Waals surface area contributed by atoms with Gasteiger partial charge in [0.2, 0.25) is 5.91 Å². The molecule has 6 heteroatoms. The first-order valence-electron chi connectivity index (χ1n) is 11.0. The summed E-state index contributed by atoms with van der Waals surface area (Å²) in [6, 6.07) is 15.5. The summed E-state index contributed by atoms with van der Waals surface area (Å²) in [5.41, 5.74) is 2.20. The molecule has 0 spiro atoms. The number of hydrogen-bond donors (Lipinski definition) is 0. The number of carbonyl (C=O) groups excluding carboxylic acids is 2. The van der Waals surface area contributed by atoms with E-state index in [0.29, 0.717) is 45.6 Å². The third-order valence-electron chi connectivity index (χ3n) is 5.65. The molecular formula is C25H32N2O4. The van der Waals surface area contributed by atoms with Gasteiger partial charge in [0, 0.05) is 32.6 Å². The quantitative estimate of drug-likeness (QED) is 0.608. The fourth-order valence-electron chi connectivity index (χ4n) is 3.62. The molecule has 0 unspecified atom stereocenters. The summed E-state index contributed by atoms with van der Waals surface area (Å²) < 4.78 is 11.4. The Kier molecular flexibility index (Phi) is 8.33. The van der Waals surface area contributed by atoms with Crippen molar-refractivity contribution in [3.63, 3.8) is 0 Å². The molecule has 0 atom stereocenters. The van der Waals surface area contributed by atoms with Crippen LogP contribution in [-0.2, 0) is 9.59 Å². The van der Waals surface area contributed by atoms with Gasteiger partial charge in [-0.25, -0.2) is 0 Å². The summed E-state index contributed by atoms with van der Waals surface area (Å²) in [5.74, 6) is 1.66. The van der Waals surface area contributed by atoms with Crippen molar-refractivity contribution in [1.29, 1.82) is 0 Å². The summed E-state index contributed by atoms with van der Waals surface area (Å²) in [6.07, 6.45) is 1.91. The van der Waals surface area contributed by atoms with E-state index in [2.05, 4.69) is 0 Å². The molecule has 1 fully saturated rings. The summed E-state index contributed by atoms with van der Waals surface area (Å²) in [4.78, 5) is 28.8. The van der Waals surface area contributed by atoms with E-state index < -0.39 is 0 Å². The van der Waals surface area contributed by atoms with Crippen LogP contribution in [-0.4, -0.2) is 61.0 Å². The number of aryl methyl sites for hydroxylation is 1. The van der Waals surface area contributed by atoms with Gasteiger partial charge in [-0.1, -0.05) is 30.3 Å². The Morgan fingerprint density at radius 3 is 2.29 bits per heavy atom. The molecule has 31 heavy (non-hydrogen) atoms. The van der Waals surface area contributed by atoms with Crippen molar-refractivity contribution in [3.05, 3.63) is 59.7 Å². The van der Waals surface area contributed by atoms with E-state index >= 15 is 0 Å². The van der Waals surface area contributed by atoms with Gasteiger partial charge in [-0.15, -0.1) is 0 Å². The maximum Gasteiger partial charge on any atom is 0.260 e. The third kappa shape index (κ3) is 6.74. The van der Waals surface area contributed by atoms with E-state index in [-0.39, 0.29) is 18.4 Å². The molecule has 0 radical (unpaired) electrons. The van der Waals surface area contributed by atoms with Crippen molar-refractivity contribution in [3.8, 4) is 11.5 Å². The number of benzene rings is 2. The van der Waals surface area contributed by atoms with Crippen LogP contribution in [0.4, 0.5) is 0 Å². The van der Waals surface area contributed by atoms with E-state index in [0.717, 1.165) is 29.0 Å². The zero-order chi connectivity index (χ0) is 22.1. The Morgan fingerprint density at radius 1 is 0.839 bits per heavy atom. The minimum atomic E-state index is -0.0357. The van der Waals surface area contributed by atoms with Gasteiger partial charge in [-0.3, -0.25) is 9.59 Å². The van der Waals surface area contributed by atoms with Crippen LogP contribution in [0, 0.1) is 13.8 Å². The van der Waals surface area contributed by atoms with Crippen LogP contribution in [0.5, 0.6) is 11.5 Å². The van der Waals surface area contributed by atoms with Crippen LogP contribution < -0.4 is 9.47 Å². The van der Waals surface area contributed by atoms with Crippen molar-refractivity contribution < 1.29 is 19.1 Å². The molecule has 0 aromatic heterocycles. The minimum Gasteiger partial charge on any atom is -0.494 e. The molecule has 0 bridgehead atoms. The van der Waals surface area contributed by atoms with Gasteiger partial charge in [0.25, 0.3) is 5.91 Å². The van der Waals surface area contributed by atoms with Crippen LogP contribution >= 0.6 is 0 Å². The van der Waals surface area contributed by atoms with E-state index in [4.69, 9.17) is 9.47 Å². The standard InChI is InChI=1S/C25H32N2O4/c1-20-9-6-12-23(21(20)2)31-19-25(29)27-15-8-14-26(16-17-27)24(28)13-7-18-30-22-10-4-3-5-11-22/h3-6,9-12H,7-8,13-19H2,1-2H3. The van der Waals surface area contributed by atoms with Crippen LogP contribution in [0.2, 0.25) is 0 Å². The summed E-state index contributed by atoms with van der Waals surface area (Å²) in [5, 5.41) is 0. The van der Waals surface area contributed by atoms with Crippen molar-refractivity contribution in [2.24, 2.45) is 0 Å². The van der Waals surface area contributed by atoms with Crippen molar-refractivity contribution in [2.45, 2.75) is 33.1 Å². The Bertz CT molecular complexity index is 869. The second-order valence-corrected chi connectivity index (χ2v) is 7.87. The lowest BCUT2D eigenvalue weighted by molar-refractivity contribution is -0.134. The fraction of sp³-hybridized carbons (Fsp3) is 0.440. The molecule has 2 aromatic carbocycles. The first-order chi connectivity index (χ1) is 15.0. The molecule has 1 saturated heterocycles. The van der Waals surface area contributed by atoms with Gasteiger partial charge in [0.15, 0.2) is 6.61 Å². The van der Waals surface area contributed by atoms with Gasteiger partial charge in [-0.2, -0.15) is 0 Å². The molecule has 1 heterocycles. The number of ether oxygens (including phenoxy) is 2. The molecule has 0 N–H and O–H groups in total. The summed E-state index contributed by atoms with van der Waals surface area (Å²) >= 11 is 0. The minimum absolute atomic E-state index is 0.0229. The number of rotatable bonds is 8. The van der Waals surface area contributed by atoms with E-state index in [1.165, 1.54) is 0 Å². The molecule has 0 aliphatic carbocycles. The molecule has 1 aliphatic rings. The highest BCUT2D eigenvalue weighted by Gasteiger charge is 2.22. The van der Waals surface area contributed by atoms with Gasteiger partial charge in [-0.05, 0) is 56.0 Å². The molecule has 3 rings (SSSR count). The smallest absolute Gasteiger partial charge is 0.260 e. The van der Waals surface area contributed by atoms with Crippen LogP contribution in [0.25, 0.3) is 0 Å². The molecule has 2 amide bonds. The van der Waals surface area contributed by atoms with Gasteiger partial charge >= 0.3 is 0 Å². The zero-order valence-electron chi connectivity index (χ0n) is 18.5. The number of carbonyl (C=O) groups is 2. The fourth-order valence-corrected chi connectivity index (χ4v) is 3.62. The predicted molar refractivity (Wildman–Crippen MR) is 120 cm³/mol. The average molecular weight is 425 g/mol. The number of para-hydroxylation sites is 1. The van der Waals surface area contributed by atoms with Crippen LogP contribution in [0.1, 0.15) is 30.4 Å². The first-order valence-corrected chi connectivity index (χ1v) is 11.0. The zero-order valence-corrected chi connectivity index (χ0v) is 18.5. The first kappa shape index (κ1) is 22.7. The number of amides is 2. The molecule has 0 saturated carbocycles. The lowest BCUT2D eigenvalue weighted by atomic mass is 10.1. The van der Waals surface area contributed by atoms with Crippen molar-refractivity contribution in [1.82, 2.24) is 9.80 Å². The Hall–Kier alpha value is -3.02. The Balaban J connectivity index is 1.39. The summed E-state index contributed by atoms with van der Waals surface area (Å²) in [7, 11) is 0. The van der Waals surface area contributed by atoms with Crippen molar-refractivity contribution >= 4 is 11.8 Å². The monoisotopic (exact) mass is 424 g/mol. The number of nitrogens with zero attached hydrogens (tertiary/aromatic N) is 2. The second kappa shape index (κ2) is 11.4. The average Bonchev–Trinajstić information content (AvgIpc) is 3.04. The highest BCUT2D eigenvalue weighted by Crippen LogP contribution is 2.20. The van der Waals surface area contributed by atoms with E-state index in [9.17, 15) is 9.59 Å². The van der Waals surface area contributed by atoms with Crippen LogP contribution in [0.15, 0.2) is 48.5 Å². The Morgan fingerprint density at radius 2 is 1.55 bits per heavy atom. The lowest BCUT2D eigenvalue weighted by Gasteiger charge is -2.22. The highest BCUT2D eigenvalue weighted by molar-refractivity contribution is 5.78.